The zero-order valence-electron chi connectivity index (χ0n) is 14.1. The second-order valence-corrected chi connectivity index (χ2v) is 6.92. The first-order chi connectivity index (χ1) is 12.3. The zero-order valence-corrected chi connectivity index (χ0v) is 15.7. The summed E-state index contributed by atoms with van der Waals surface area (Å²) in [6, 6.07) is 10.1. The van der Waals surface area contributed by atoms with Crippen molar-refractivity contribution in [3.8, 4) is 16.3 Å². The molecular formula is C18H20ClN5OS. The molecule has 2 aromatic heterocycles. The minimum atomic E-state index is -0.105. The molecule has 1 atom stereocenters. The molecule has 3 heterocycles. The van der Waals surface area contributed by atoms with Crippen LogP contribution in [0.15, 0.2) is 48.1 Å². The molecule has 136 valence electrons. The van der Waals surface area contributed by atoms with Gasteiger partial charge in [-0.2, -0.15) is 5.10 Å². The Labute approximate surface area is 162 Å². The number of hydrogen-bond acceptors (Lipinski definition) is 5. The Hall–Kier alpha value is -2.22. The molecule has 1 aliphatic rings. The van der Waals surface area contributed by atoms with Crippen molar-refractivity contribution in [2.75, 3.05) is 13.1 Å². The summed E-state index contributed by atoms with van der Waals surface area (Å²) < 4.78 is 1.81. The summed E-state index contributed by atoms with van der Waals surface area (Å²) in [6.07, 6.45) is 5.81. The number of carbonyl (C=O) groups excluding carboxylic acids is 1. The maximum Gasteiger partial charge on any atom is 0.271 e. The van der Waals surface area contributed by atoms with Crippen molar-refractivity contribution in [1.82, 2.24) is 25.4 Å². The highest BCUT2D eigenvalue weighted by Crippen LogP contribution is 2.24. The first-order valence-corrected chi connectivity index (χ1v) is 9.25. The standard InChI is InChI=1S/C18H19N5OS.ClH/c24-17(21-14-5-4-8-19-10-14)16-12-25-18(22-16)13-9-20-23(11-13)15-6-2-1-3-7-15;/h1-3,6-7,9,11-12,14,19H,4-5,8,10H2,(H,21,24);1H/t14-;/m0./s1. The number of aromatic nitrogens is 3. The highest BCUT2D eigenvalue weighted by molar-refractivity contribution is 7.13. The van der Waals surface area contributed by atoms with E-state index in [1.165, 1.54) is 11.3 Å². The summed E-state index contributed by atoms with van der Waals surface area (Å²) in [5.41, 5.74) is 2.37. The van der Waals surface area contributed by atoms with Crippen LogP contribution in [0.2, 0.25) is 0 Å². The van der Waals surface area contributed by atoms with E-state index in [-0.39, 0.29) is 24.4 Å². The van der Waals surface area contributed by atoms with Crippen LogP contribution in [-0.2, 0) is 0 Å². The molecule has 0 radical (unpaired) electrons. The van der Waals surface area contributed by atoms with Gasteiger partial charge in [0, 0.05) is 29.7 Å². The fourth-order valence-corrected chi connectivity index (χ4v) is 3.68. The molecule has 1 amide bonds. The van der Waals surface area contributed by atoms with Crippen molar-refractivity contribution in [3.05, 3.63) is 53.8 Å². The van der Waals surface area contributed by atoms with Crippen LogP contribution in [0.3, 0.4) is 0 Å². The van der Waals surface area contributed by atoms with Gasteiger partial charge in [0.25, 0.3) is 5.91 Å². The number of benzene rings is 1. The first-order valence-electron chi connectivity index (χ1n) is 8.37. The number of para-hydroxylation sites is 1. The lowest BCUT2D eigenvalue weighted by molar-refractivity contribution is 0.0926. The molecule has 4 rings (SSSR count). The summed E-state index contributed by atoms with van der Waals surface area (Å²) >= 11 is 1.46. The summed E-state index contributed by atoms with van der Waals surface area (Å²) in [4.78, 5) is 16.9. The molecule has 0 unspecified atom stereocenters. The predicted octanol–water partition coefficient (Wildman–Crippen LogP) is 2.90. The third-order valence-electron chi connectivity index (χ3n) is 4.22. The third-order valence-corrected chi connectivity index (χ3v) is 5.11. The average Bonchev–Trinajstić information content (AvgIpc) is 3.33. The van der Waals surface area contributed by atoms with Gasteiger partial charge in [-0.25, -0.2) is 9.67 Å². The van der Waals surface area contributed by atoms with E-state index in [4.69, 9.17) is 0 Å². The highest BCUT2D eigenvalue weighted by atomic mass is 35.5. The van der Waals surface area contributed by atoms with Gasteiger partial charge in [-0.3, -0.25) is 4.79 Å². The van der Waals surface area contributed by atoms with Crippen LogP contribution in [0.25, 0.3) is 16.3 Å². The molecule has 0 saturated carbocycles. The number of thiazole rings is 1. The number of piperidine rings is 1. The number of carbonyl (C=O) groups is 1. The van der Waals surface area contributed by atoms with Crippen LogP contribution < -0.4 is 10.6 Å². The van der Waals surface area contributed by atoms with Gasteiger partial charge in [0.15, 0.2) is 0 Å². The molecule has 0 aliphatic carbocycles. The van der Waals surface area contributed by atoms with E-state index in [2.05, 4.69) is 20.7 Å². The maximum absolute atomic E-state index is 12.4. The normalized spacial score (nSPS) is 16.7. The van der Waals surface area contributed by atoms with Crippen LogP contribution in [0.1, 0.15) is 23.3 Å². The summed E-state index contributed by atoms with van der Waals surface area (Å²) in [5, 5.41) is 13.3. The van der Waals surface area contributed by atoms with Gasteiger partial charge >= 0.3 is 0 Å². The van der Waals surface area contributed by atoms with E-state index in [0.29, 0.717) is 5.69 Å². The Morgan fingerprint density at radius 1 is 1.31 bits per heavy atom. The van der Waals surface area contributed by atoms with Gasteiger partial charge in [0.2, 0.25) is 0 Å². The Morgan fingerprint density at radius 3 is 2.92 bits per heavy atom. The molecule has 0 spiro atoms. The van der Waals surface area contributed by atoms with E-state index in [0.717, 1.165) is 42.2 Å². The number of amides is 1. The molecule has 0 bridgehead atoms. The van der Waals surface area contributed by atoms with Gasteiger partial charge < -0.3 is 10.6 Å². The quantitative estimate of drug-likeness (QED) is 0.719. The van der Waals surface area contributed by atoms with Crippen LogP contribution in [0.5, 0.6) is 0 Å². The maximum atomic E-state index is 12.4. The molecule has 1 aliphatic heterocycles. The largest absolute Gasteiger partial charge is 0.347 e. The van der Waals surface area contributed by atoms with Crippen molar-refractivity contribution in [3.63, 3.8) is 0 Å². The van der Waals surface area contributed by atoms with Crippen molar-refractivity contribution in [2.45, 2.75) is 18.9 Å². The van der Waals surface area contributed by atoms with Gasteiger partial charge in [0.1, 0.15) is 10.7 Å². The SMILES string of the molecule is Cl.O=C(N[C@H]1CCCNC1)c1csc(-c2cnn(-c3ccccc3)c2)n1. The number of hydrogen-bond donors (Lipinski definition) is 2. The second-order valence-electron chi connectivity index (χ2n) is 6.06. The third kappa shape index (κ3) is 4.12. The number of rotatable bonds is 4. The Balaban J connectivity index is 0.00000196. The van der Waals surface area contributed by atoms with E-state index in [1.807, 2.05) is 41.2 Å². The molecule has 26 heavy (non-hydrogen) atoms. The van der Waals surface area contributed by atoms with Crippen molar-refractivity contribution in [1.29, 1.82) is 0 Å². The van der Waals surface area contributed by atoms with Crippen LogP contribution in [0.4, 0.5) is 0 Å². The molecular weight excluding hydrogens is 370 g/mol. The summed E-state index contributed by atoms with van der Waals surface area (Å²) in [7, 11) is 0. The van der Waals surface area contributed by atoms with Crippen molar-refractivity contribution in [2.24, 2.45) is 0 Å². The van der Waals surface area contributed by atoms with Gasteiger partial charge in [-0.05, 0) is 31.5 Å². The first kappa shape index (κ1) is 18.6. The Bertz CT molecular complexity index is 857. The Kier molecular flexibility index (Phi) is 6.03. The molecule has 1 fully saturated rings. The molecule has 1 aromatic carbocycles. The minimum absolute atomic E-state index is 0. The summed E-state index contributed by atoms with van der Waals surface area (Å²) in [5.74, 6) is -0.105. The lowest BCUT2D eigenvalue weighted by atomic mass is 10.1. The number of nitrogens with one attached hydrogen (secondary N) is 2. The van der Waals surface area contributed by atoms with Gasteiger partial charge in [-0.15, -0.1) is 23.7 Å². The minimum Gasteiger partial charge on any atom is -0.347 e. The summed E-state index contributed by atoms with van der Waals surface area (Å²) in [6.45, 7) is 1.85. The van der Waals surface area contributed by atoms with E-state index >= 15 is 0 Å². The van der Waals surface area contributed by atoms with Crippen LogP contribution in [0, 0.1) is 0 Å². The predicted molar refractivity (Wildman–Crippen MR) is 105 cm³/mol. The molecule has 1 saturated heterocycles. The fraction of sp³-hybridized carbons (Fsp3) is 0.278. The zero-order chi connectivity index (χ0) is 17.1. The smallest absolute Gasteiger partial charge is 0.271 e. The Morgan fingerprint density at radius 2 is 2.15 bits per heavy atom. The second kappa shape index (κ2) is 8.44. The van der Waals surface area contributed by atoms with Crippen LogP contribution in [-0.4, -0.2) is 39.8 Å². The van der Waals surface area contributed by atoms with Gasteiger partial charge in [-0.1, -0.05) is 18.2 Å². The van der Waals surface area contributed by atoms with E-state index < -0.39 is 0 Å². The monoisotopic (exact) mass is 389 g/mol. The van der Waals surface area contributed by atoms with Gasteiger partial charge in [0.05, 0.1) is 11.9 Å². The fourth-order valence-electron chi connectivity index (χ4n) is 2.90. The van der Waals surface area contributed by atoms with Crippen molar-refractivity contribution < 1.29 is 4.79 Å². The molecule has 8 heteroatoms. The van der Waals surface area contributed by atoms with E-state index in [1.54, 1.807) is 11.6 Å². The molecule has 6 nitrogen and oxygen atoms in total. The lowest BCUT2D eigenvalue weighted by Crippen LogP contribution is -2.45. The van der Waals surface area contributed by atoms with E-state index in [9.17, 15) is 4.79 Å². The highest BCUT2D eigenvalue weighted by Gasteiger charge is 2.18. The number of nitrogens with zero attached hydrogens (tertiary/aromatic N) is 3. The van der Waals surface area contributed by atoms with Crippen LogP contribution >= 0.6 is 23.7 Å². The molecule has 2 N–H and O–H groups in total. The molecule has 3 aromatic rings. The number of halogens is 1. The van der Waals surface area contributed by atoms with Crippen molar-refractivity contribution >= 4 is 29.7 Å². The lowest BCUT2D eigenvalue weighted by Gasteiger charge is -2.23. The topological polar surface area (TPSA) is 71.8 Å². The average molecular weight is 390 g/mol.